The van der Waals surface area contributed by atoms with Gasteiger partial charge in [0.25, 0.3) is 0 Å². The average Bonchev–Trinajstić information content (AvgIpc) is 2.32. The Morgan fingerprint density at radius 2 is 2.24 bits per heavy atom. The zero-order valence-corrected chi connectivity index (χ0v) is 10.6. The van der Waals surface area contributed by atoms with Crippen LogP contribution in [-0.2, 0) is 16.1 Å². The molecule has 0 atom stereocenters. The Morgan fingerprint density at radius 1 is 1.53 bits per heavy atom. The molecule has 0 unspecified atom stereocenters. The largest absolute Gasteiger partial charge is 0.468 e. The first-order valence-corrected chi connectivity index (χ1v) is 5.68. The summed E-state index contributed by atoms with van der Waals surface area (Å²) in [5.74, 6) is -0.708. The topological polar surface area (TPSA) is 29.5 Å². The van der Waals surface area contributed by atoms with Crippen LogP contribution in [0.15, 0.2) is 18.2 Å². The third-order valence-electron chi connectivity index (χ3n) is 2.47. The van der Waals surface area contributed by atoms with Crippen LogP contribution < -0.4 is 0 Å². The molecule has 1 rings (SSSR count). The maximum atomic E-state index is 13.5. The number of halogens is 2. The number of rotatable bonds is 5. The van der Waals surface area contributed by atoms with Crippen molar-refractivity contribution in [1.82, 2.24) is 4.90 Å². The van der Waals surface area contributed by atoms with Crippen LogP contribution in [0.5, 0.6) is 0 Å². The second-order valence-electron chi connectivity index (χ2n) is 3.58. The highest BCUT2D eigenvalue weighted by Gasteiger charge is 2.14. The number of nitrogens with zero attached hydrogens (tertiary/aromatic N) is 1. The van der Waals surface area contributed by atoms with Gasteiger partial charge in [0.05, 0.1) is 13.7 Å². The summed E-state index contributed by atoms with van der Waals surface area (Å²) in [6.07, 6.45) is 0. The molecule has 0 radical (unpaired) electrons. The van der Waals surface area contributed by atoms with Crippen LogP contribution in [0.1, 0.15) is 12.5 Å². The van der Waals surface area contributed by atoms with Crippen LogP contribution in [0.4, 0.5) is 4.39 Å². The number of hydrogen-bond acceptors (Lipinski definition) is 3. The fourth-order valence-corrected chi connectivity index (χ4v) is 1.66. The number of benzene rings is 1. The Labute approximate surface area is 105 Å². The van der Waals surface area contributed by atoms with Crippen molar-refractivity contribution in [1.29, 1.82) is 0 Å². The zero-order valence-electron chi connectivity index (χ0n) is 9.87. The predicted molar refractivity (Wildman–Crippen MR) is 64.4 cm³/mol. The highest BCUT2D eigenvalue weighted by Crippen LogP contribution is 2.20. The van der Waals surface area contributed by atoms with E-state index in [0.717, 1.165) is 0 Å². The van der Waals surface area contributed by atoms with Crippen LogP contribution in [0.2, 0.25) is 5.02 Å². The highest BCUT2D eigenvalue weighted by molar-refractivity contribution is 6.31. The van der Waals surface area contributed by atoms with Gasteiger partial charge in [-0.15, -0.1) is 0 Å². The lowest BCUT2D eigenvalue weighted by atomic mass is 10.2. The smallest absolute Gasteiger partial charge is 0.319 e. The lowest BCUT2D eigenvalue weighted by Crippen LogP contribution is -2.30. The quantitative estimate of drug-likeness (QED) is 0.761. The summed E-state index contributed by atoms with van der Waals surface area (Å²) >= 11 is 5.92. The Bertz CT molecular complexity index is 378. The first-order valence-electron chi connectivity index (χ1n) is 5.30. The molecule has 0 spiro atoms. The number of methoxy groups -OCH3 is 1. The third-order valence-corrected chi connectivity index (χ3v) is 2.83. The Morgan fingerprint density at radius 3 is 2.76 bits per heavy atom. The van der Waals surface area contributed by atoms with Gasteiger partial charge >= 0.3 is 5.97 Å². The van der Waals surface area contributed by atoms with E-state index in [-0.39, 0.29) is 24.9 Å². The summed E-state index contributed by atoms with van der Waals surface area (Å²) in [7, 11) is 1.33. The maximum absolute atomic E-state index is 13.5. The Kier molecular flexibility index (Phi) is 5.38. The van der Waals surface area contributed by atoms with E-state index >= 15 is 0 Å². The predicted octanol–water partition coefficient (Wildman–Crippen LogP) is 2.47. The van der Waals surface area contributed by atoms with Gasteiger partial charge in [-0.2, -0.15) is 0 Å². The van der Waals surface area contributed by atoms with Crippen molar-refractivity contribution in [2.75, 3.05) is 20.2 Å². The molecule has 0 aliphatic heterocycles. The molecule has 0 N–H and O–H groups in total. The number of carbonyl (C=O) groups excluding carboxylic acids is 1. The number of likely N-dealkylation sites (N-methyl/N-ethyl adjacent to an activating group) is 1. The average molecular weight is 260 g/mol. The van der Waals surface area contributed by atoms with Crippen molar-refractivity contribution >= 4 is 17.6 Å². The molecule has 0 bridgehead atoms. The SMILES string of the molecule is CCN(CC(=O)OC)Cc1c(F)cccc1Cl. The van der Waals surface area contributed by atoms with E-state index in [1.54, 1.807) is 17.0 Å². The molecule has 0 saturated carbocycles. The standard InChI is InChI=1S/C12H15ClFNO2/c1-3-15(8-12(16)17-2)7-9-10(13)5-4-6-11(9)14/h4-6H,3,7-8H2,1-2H3. The van der Waals surface area contributed by atoms with E-state index in [4.69, 9.17) is 11.6 Å². The summed E-state index contributed by atoms with van der Waals surface area (Å²) in [4.78, 5) is 12.9. The summed E-state index contributed by atoms with van der Waals surface area (Å²) in [5, 5.41) is 0.369. The van der Waals surface area contributed by atoms with Crippen molar-refractivity contribution in [3.8, 4) is 0 Å². The number of carbonyl (C=O) groups is 1. The molecule has 1 aromatic rings. The second kappa shape index (κ2) is 6.57. The van der Waals surface area contributed by atoms with E-state index in [0.29, 0.717) is 17.1 Å². The van der Waals surface area contributed by atoms with Gasteiger partial charge in [-0.05, 0) is 18.7 Å². The van der Waals surface area contributed by atoms with Crippen LogP contribution in [-0.4, -0.2) is 31.1 Å². The van der Waals surface area contributed by atoms with E-state index in [9.17, 15) is 9.18 Å². The first kappa shape index (κ1) is 13.9. The molecule has 0 saturated heterocycles. The zero-order chi connectivity index (χ0) is 12.8. The van der Waals surface area contributed by atoms with Crippen molar-refractivity contribution in [3.63, 3.8) is 0 Å². The molecule has 0 aromatic heterocycles. The molecule has 5 heteroatoms. The van der Waals surface area contributed by atoms with Gasteiger partial charge in [0.15, 0.2) is 0 Å². The van der Waals surface area contributed by atoms with Gasteiger partial charge in [0, 0.05) is 17.1 Å². The minimum atomic E-state index is -0.360. The van der Waals surface area contributed by atoms with E-state index in [2.05, 4.69) is 4.74 Å². The van der Waals surface area contributed by atoms with E-state index in [1.807, 2.05) is 6.92 Å². The van der Waals surface area contributed by atoms with Crippen LogP contribution in [0.3, 0.4) is 0 Å². The molecule has 0 amide bonds. The van der Waals surface area contributed by atoms with E-state index < -0.39 is 0 Å². The van der Waals surface area contributed by atoms with Crippen LogP contribution in [0.25, 0.3) is 0 Å². The monoisotopic (exact) mass is 259 g/mol. The molecule has 0 aliphatic rings. The lowest BCUT2D eigenvalue weighted by Gasteiger charge is -2.19. The Hall–Kier alpha value is -1.13. The normalized spacial score (nSPS) is 10.6. The number of esters is 1. The summed E-state index contributed by atoms with van der Waals surface area (Å²) in [5.41, 5.74) is 0.403. The molecule has 1 aromatic carbocycles. The molecule has 17 heavy (non-hydrogen) atoms. The number of hydrogen-bond donors (Lipinski definition) is 0. The molecule has 0 aliphatic carbocycles. The van der Waals surface area contributed by atoms with Gasteiger partial charge in [0.2, 0.25) is 0 Å². The van der Waals surface area contributed by atoms with Crippen molar-refractivity contribution in [2.24, 2.45) is 0 Å². The third kappa shape index (κ3) is 3.98. The lowest BCUT2D eigenvalue weighted by molar-refractivity contribution is -0.142. The fraction of sp³-hybridized carbons (Fsp3) is 0.417. The molecule has 94 valence electrons. The van der Waals surface area contributed by atoms with Crippen LogP contribution >= 0.6 is 11.6 Å². The molecule has 0 heterocycles. The number of ether oxygens (including phenoxy) is 1. The van der Waals surface area contributed by atoms with Crippen molar-refractivity contribution in [3.05, 3.63) is 34.6 Å². The van der Waals surface area contributed by atoms with Crippen LogP contribution in [0, 0.1) is 5.82 Å². The second-order valence-corrected chi connectivity index (χ2v) is 3.99. The highest BCUT2D eigenvalue weighted by atomic mass is 35.5. The van der Waals surface area contributed by atoms with E-state index in [1.165, 1.54) is 13.2 Å². The minimum absolute atomic E-state index is 0.123. The Balaban J connectivity index is 2.77. The van der Waals surface area contributed by atoms with Gasteiger partial charge in [-0.3, -0.25) is 9.69 Å². The molecular weight excluding hydrogens is 245 g/mol. The summed E-state index contributed by atoms with van der Waals surface area (Å²) < 4.78 is 18.1. The summed E-state index contributed by atoms with van der Waals surface area (Å²) in [6.45, 7) is 2.91. The van der Waals surface area contributed by atoms with Crippen molar-refractivity contribution < 1.29 is 13.9 Å². The maximum Gasteiger partial charge on any atom is 0.319 e. The van der Waals surface area contributed by atoms with Gasteiger partial charge in [-0.25, -0.2) is 4.39 Å². The fourth-order valence-electron chi connectivity index (χ4n) is 1.43. The van der Waals surface area contributed by atoms with Gasteiger partial charge < -0.3 is 4.74 Å². The first-order chi connectivity index (χ1) is 8.08. The minimum Gasteiger partial charge on any atom is -0.468 e. The van der Waals surface area contributed by atoms with Gasteiger partial charge in [-0.1, -0.05) is 24.6 Å². The molecular formula is C12H15ClFNO2. The van der Waals surface area contributed by atoms with Gasteiger partial charge in [0.1, 0.15) is 5.82 Å². The summed E-state index contributed by atoms with van der Waals surface area (Å²) in [6, 6.07) is 4.54. The van der Waals surface area contributed by atoms with Crippen molar-refractivity contribution in [2.45, 2.75) is 13.5 Å². The molecule has 0 fully saturated rings. The molecule has 3 nitrogen and oxygen atoms in total.